The summed E-state index contributed by atoms with van der Waals surface area (Å²) in [5.41, 5.74) is 6.28. The predicted octanol–water partition coefficient (Wildman–Crippen LogP) is 0.988. The first-order chi connectivity index (χ1) is 4.61. The van der Waals surface area contributed by atoms with Gasteiger partial charge in [0.25, 0.3) is 0 Å². The molecule has 3 nitrogen and oxygen atoms in total. The van der Waals surface area contributed by atoms with E-state index in [0.29, 0.717) is 5.56 Å². The number of aryl methyl sites for hydroxylation is 1. The average Bonchev–Trinajstić information content (AvgIpc) is 1.84. The van der Waals surface area contributed by atoms with Crippen LogP contribution < -0.4 is 5.73 Å². The van der Waals surface area contributed by atoms with Crippen molar-refractivity contribution in [3.05, 3.63) is 17.7 Å². The highest BCUT2D eigenvalue weighted by atomic mass is 16.3. The third kappa shape index (κ3) is 0.978. The molecule has 1 aromatic rings. The number of nitrogens with two attached hydrogens (primary N) is 1. The summed E-state index contributed by atoms with van der Waals surface area (Å²) < 4.78 is 0. The van der Waals surface area contributed by atoms with Crippen LogP contribution in [0.1, 0.15) is 5.56 Å². The SMILES string of the molecule is Cc1cc(N)c(O)cc1O. The first-order valence-corrected chi connectivity index (χ1v) is 2.89. The fourth-order valence-corrected chi connectivity index (χ4v) is 0.708. The highest BCUT2D eigenvalue weighted by Gasteiger charge is 2.00. The van der Waals surface area contributed by atoms with Gasteiger partial charge in [-0.25, -0.2) is 0 Å². The zero-order chi connectivity index (χ0) is 7.72. The van der Waals surface area contributed by atoms with Crippen molar-refractivity contribution in [1.82, 2.24) is 0 Å². The largest absolute Gasteiger partial charge is 0.508 e. The number of nitrogen functional groups attached to an aromatic ring is 1. The van der Waals surface area contributed by atoms with Crippen LogP contribution >= 0.6 is 0 Å². The Morgan fingerprint density at radius 2 is 1.80 bits per heavy atom. The summed E-state index contributed by atoms with van der Waals surface area (Å²) in [4.78, 5) is 0. The summed E-state index contributed by atoms with van der Waals surface area (Å²) in [6.07, 6.45) is 0. The molecule has 1 rings (SSSR count). The molecule has 0 aliphatic carbocycles. The van der Waals surface area contributed by atoms with Crippen LogP contribution in [0.25, 0.3) is 0 Å². The minimum atomic E-state index is -0.0805. The second-order valence-electron chi connectivity index (χ2n) is 2.20. The summed E-state index contributed by atoms with van der Waals surface area (Å²) in [6.45, 7) is 1.71. The molecule has 0 saturated heterocycles. The van der Waals surface area contributed by atoms with Gasteiger partial charge >= 0.3 is 0 Å². The van der Waals surface area contributed by atoms with Crippen LogP contribution in [0.15, 0.2) is 12.1 Å². The first-order valence-electron chi connectivity index (χ1n) is 2.89. The van der Waals surface area contributed by atoms with E-state index >= 15 is 0 Å². The molecule has 0 heterocycles. The molecule has 0 unspecified atom stereocenters. The zero-order valence-corrected chi connectivity index (χ0v) is 5.63. The number of anilines is 1. The van der Waals surface area contributed by atoms with Crippen molar-refractivity contribution in [1.29, 1.82) is 0 Å². The molecule has 10 heavy (non-hydrogen) atoms. The van der Waals surface area contributed by atoms with E-state index in [1.165, 1.54) is 12.1 Å². The molecule has 3 heteroatoms. The monoisotopic (exact) mass is 139 g/mol. The van der Waals surface area contributed by atoms with Crippen LogP contribution in [0.2, 0.25) is 0 Å². The minimum absolute atomic E-state index is 0.0618. The summed E-state index contributed by atoms with van der Waals surface area (Å²) in [7, 11) is 0. The lowest BCUT2D eigenvalue weighted by Crippen LogP contribution is -1.86. The van der Waals surface area contributed by atoms with Crippen molar-refractivity contribution in [3.8, 4) is 11.5 Å². The Kier molecular flexibility index (Phi) is 1.41. The summed E-state index contributed by atoms with van der Waals surface area (Å²) in [5, 5.41) is 17.9. The van der Waals surface area contributed by atoms with Crippen LogP contribution in [0.5, 0.6) is 11.5 Å². The Hall–Kier alpha value is -1.38. The summed E-state index contributed by atoms with van der Waals surface area (Å²) in [6, 6.07) is 2.75. The molecular weight excluding hydrogens is 130 g/mol. The number of phenolic OH excluding ortho intramolecular Hbond substituents is 2. The molecule has 0 spiro atoms. The Morgan fingerprint density at radius 3 is 2.30 bits per heavy atom. The molecule has 0 amide bonds. The van der Waals surface area contributed by atoms with Gasteiger partial charge in [0.2, 0.25) is 0 Å². The van der Waals surface area contributed by atoms with E-state index in [1.807, 2.05) is 0 Å². The molecular formula is C7H9NO2. The predicted molar refractivity (Wildman–Crippen MR) is 38.9 cm³/mol. The number of rotatable bonds is 0. The standard InChI is InChI=1S/C7H9NO2/c1-4-2-5(8)7(10)3-6(4)9/h2-3,9-10H,8H2,1H3. The van der Waals surface area contributed by atoms with Crippen molar-refractivity contribution in [2.45, 2.75) is 6.92 Å². The van der Waals surface area contributed by atoms with Gasteiger partial charge < -0.3 is 15.9 Å². The normalized spacial score (nSPS) is 9.70. The second kappa shape index (κ2) is 2.10. The van der Waals surface area contributed by atoms with Gasteiger partial charge in [-0.1, -0.05) is 0 Å². The van der Waals surface area contributed by atoms with Crippen molar-refractivity contribution < 1.29 is 10.2 Å². The third-order valence-corrected chi connectivity index (χ3v) is 1.35. The van der Waals surface area contributed by atoms with Crippen molar-refractivity contribution in [3.63, 3.8) is 0 Å². The van der Waals surface area contributed by atoms with Gasteiger partial charge in [-0.15, -0.1) is 0 Å². The minimum Gasteiger partial charge on any atom is -0.508 e. The fourth-order valence-electron chi connectivity index (χ4n) is 0.708. The molecule has 0 fully saturated rings. The first kappa shape index (κ1) is 6.74. The molecule has 54 valence electrons. The Labute approximate surface area is 58.7 Å². The fraction of sp³-hybridized carbons (Fsp3) is 0.143. The number of hydrogen-bond acceptors (Lipinski definition) is 3. The van der Waals surface area contributed by atoms with Crippen LogP contribution in [-0.2, 0) is 0 Å². The van der Waals surface area contributed by atoms with Gasteiger partial charge in [0.15, 0.2) is 0 Å². The maximum absolute atomic E-state index is 9.01. The maximum Gasteiger partial charge on any atom is 0.142 e. The topological polar surface area (TPSA) is 66.5 Å². The van der Waals surface area contributed by atoms with E-state index in [0.717, 1.165) is 0 Å². The molecule has 0 radical (unpaired) electrons. The van der Waals surface area contributed by atoms with Gasteiger partial charge in [0.1, 0.15) is 11.5 Å². The molecule has 4 N–H and O–H groups in total. The molecule has 0 atom stereocenters. The smallest absolute Gasteiger partial charge is 0.142 e. The average molecular weight is 139 g/mol. The van der Waals surface area contributed by atoms with Gasteiger partial charge in [0, 0.05) is 6.07 Å². The van der Waals surface area contributed by atoms with Crippen molar-refractivity contribution >= 4 is 5.69 Å². The van der Waals surface area contributed by atoms with Crippen LogP contribution in [-0.4, -0.2) is 10.2 Å². The summed E-state index contributed by atoms with van der Waals surface area (Å²) in [5.74, 6) is -0.0187. The third-order valence-electron chi connectivity index (χ3n) is 1.35. The molecule has 0 saturated carbocycles. The van der Waals surface area contributed by atoms with E-state index in [1.54, 1.807) is 6.92 Å². The quantitative estimate of drug-likeness (QED) is 0.285. The van der Waals surface area contributed by atoms with E-state index in [9.17, 15) is 0 Å². The molecule has 0 aliphatic rings. The molecule has 1 aromatic carbocycles. The number of hydrogen-bond donors (Lipinski definition) is 3. The van der Waals surface area contributed by atoms with Crippen LogP contribution in [0.3, 0.4) is 0 Å². The van der Waals surface area contributed by atoms with Gasteiger partial charge in [0.05, 0.1) is 5.69 Å². The van der Waals surface area contributed by atoms with E-state index < -0.39 is 0 Å². The van der Waals surface area contributed by atoms with Gasteiger partial charge in [-0.05, 0) is 18.6 Å². The number of phenols is 2. The number of benzene rings is 1. The molecule has 0 bridgehead atoms. The van der Waals surface area contributed by atoms with E-state index in [-0.39, 0.29) is 17.2 Å². The van der Waals surface area contributed by atoms with E-state index in [4.69, 9.17) is 15.9 Å². The summed E-state index contributed by atoms with van der Waals surface area (Å²) >= 11 is 0. The van der Waals surface area contributed by atoms with Crippen LogP contribution in [0.4, 0.5) is 5.69 Å². The highest BCUT2D eigenvalue weighted by molar-refractivity contribution is 5.57. The lowest BCUT2D eigenvalue weighted by molar-refractivity contribution is 0.449. The molecule has 0 aromatic heterocycles. The lowest BCUT2D eigenvalue weighted by atomic mass is 10.2. The second-order valence-corrected chi connectivity index (χ2v) is 2.20. The number of aromatic hydroxyl groups is 2. The molecule has 0 aliphatic heterocycles. The Bertz CT molecular complexity index is 208. The van der Waals surface area contributed by atoms with Crippen LogP contribution in [0, 0.1) is 6.92 Å². The highest BCUT2D eigenvalue weighted by Crippen LogP contribution is 2.27. The maximum atomic E-state index is 9.01. The van der Waals surface area contributed by atoms with Gasteiger partial charge in [-0.3, -0.25) is 0 Å². The Morgan fingerprint density at radius 1 is 1.20 bits per heavy atom. The van der Waals surface area contributed by atoms with Gasteiger partial charge in [-0.2, -0.15) is 0 Å². The zero-order valence-electron chi connectivity index (χ0n) is 5.63. The Balaban J connectivity index is 3.28. The lowest BCUT2D eigenvalue weighted by Gasteiger charge is -2.01. The van der Waals surface area contributed by atoms with E-state index in [2.05, 4.69) is 0 Å². The van der Waals surface area contributed by atoms with Crippen molar-refractivity contribution in [2.24, 2.45) is 0 Å². The van der Waals surface area contributed by atoms with Crippen molar-refractivity contribution in [2.75, 3.05) is 5.73 Å².